The minimum absolute atomic E-state index is 0.973. The van der Waals surface area contributed by atoms with Crippen LogP contribution in [0.2, 0.25) is 0 Å². The summed E-state index contributed by atoms with van der Waals surface area (Å²) in [4.78, 5) is 3.96. The Labute approximate surface area is 139 Å². The molecule has 0 spiro atoms. The molecule has 1 aliphatic rings. The number of halogens is 1. The van der Waals surface area contributed by atoms with Crippen LogP contribution in [0.1, 0.15) is 22.4 Å². The molecule has 1 aromatic carbocycles. The van der Waals surface area contributed by atoms with Crippen LogP contribution in [0.5, 0.6) is 0 Å². The van der Waals surface area contributed by atoms with Gasteiger partial charge in [0.1, 0.15) is 0 Å². The Morgan fingerprint density at radius 3 is 2.90 bits per heavy atom. The van der Waals surface area contributed by atoms with Crippen LogP contribution in [0.4, 0.5) is 0 Å². The molecule has 21 heavy (non-hydrogen) atoms. The standard InChI is InChI=1S/C17H21BrN2S/c18-16-10-17(21-13-16)11-19-7-9-20-8-3-6-14-4-1-2-5-15(14)12-20/h1-2,4-5,10,13,19H,3,6-9,11-12H2. The average molecular weight is 365 g/mol. The van der Waals surface area contributed by atoms with Gasteiger partial charge in [0, 0.05) is 40.9 Å². The third-order valence-electron chi connectivity index (χ3n) is 3.96. The Morgan fingerprint density at radius 1 is 1.24 bits per heavy atom. The largest absolute Gasteiger partial charge is 0.311 e. The summed E-state index contributed by atoms with van der Waals surface area (Å²) in [6.45, 7) is 5.46. The predicted molar refractivity (Wildman–Crippen MR) is 93.8 cm³/mol. The number of benzene rings is 1. The lowest BCUT2D eigenvalue weighted by atomic mass is 10.0. The van der Waals surface area contributed by atoms with Crippen LogP contribution in [0, 0.1) is 0 Å². The molecule has 0 aliphatic carbocycles. The monoisotopic (exact) mass is 364 g/mol. The van der Waals surface area contributed by atoms with Crippen molar-refractivity contribution < 1.29 is 0 Å². The molecule has 2 aromatic rings. The third-order valence-corrected chi connectivity index (χ3v) is 5.66. The summed E-state index contributed by atoms with van der Waals surface area (Å²) in [6, 6.07) is 11.1. The van der Waals surface area contributed by atoms with Gasteiger partial charge < -0.3 is 5.32 Å². The number of hydrogen-bond acceptors (Lipinski definition) is 3. The summed E-state index contributed by atoms with van der Waals surface area (Å²) in [5, 5.41) is 5.70. The van der Waals surface area contributed by atoms with E-state index < -0.39 is 0 Å². The van der Waals surface area contributed by atoms with Gasteiger partial charge in [-0.2, -0.15) is 0 Å². The van der Waals surface area contributed by atoms with Crippen molar-refractivity contribution in [1.29, 1.82) is 0 Å². The summed E-state index contributed by atoms with van der Waals surface area (Å²) in [6.07, 6.45) is 2.50. The van der Waals surface area contributed by atoms with Gasteiger partial charge >= 0.3 is 0 Å². The van der Waals surface area contributed by atoms with E-state index in [1.165, 1.54) is 39.9 Å². The second-order valence-corrected chi connectivity index (χ2v) is 7.47. The molecule has 1 aromatic heterocycles. The van der Waals surface area contributed by atoms with Crippen LogP contribution in [-0.2, 0) is 19.5 Å². The van der Waals surface area contributed by atoms with Gasteiger partial charge in [0.25, 0.3) is 0 Å². The maximum Gasteiger partial charge on any atom is 0.0300 e. The van der Waals surface area contributed by atoms with Gasteiger partial charge in [-0.15, -0.1) is 11.3 Å². The van der Waals surface area contributed by atoms with Crippen LogP contribution in [0.15, 0.2) is 40.2 Å². The van der Waals surface area contributed by atoms with Crippen molar-refractivity contribution in [2.24, 2.45) is 0 Å². The highest BCUT2D eigenvalue weighted by atomic mass is 79.9. The fourth-order valence-corrected chi connectivity index (χ4v) is 4.28. The van der Waals surface area contributed by atoms with Gasteiger partial charge in [0.2, 0.25) is 0 Å². The van der Waals surface area contributed by atoms with Crippen LogP contribution >= 0.6 is 27.3 Å². The molecule has 3 rings (SSSR count). The van der Waals surface area contributed by atoms with Crippen molar-refractivity contribution in [2.75, 3.05) is 19.6 Å². The van der Waals surface area contributed by atoms with E-state index in [0.29, 0.717) is 0 Å². The first-order valence-electron chi connectivity index (χ1n) is 7.54. The van der Waals surface area contributed by atoms with Gasteiger partial charge in [-0.3, -0.25) is 4.90 Å². The van der Waals surface area contributed by atoms with E-state index in [2.05, 4.69) is 61.9 Å². The van der Waals surface area contributed by atoms with E-state index in [4.69, 9.17) is 0 Å². The number of nitrogens with zero attached hydrogens (tertiary/aromatic N) is 1. The van der Waals surface area contributed by atoms with Gasteiger partial charge in [-0.25, -0.2) is 0 Å². The summed E-state index contributed by atoms with van der Waals surface area (Å²) in [5.74, 6) is 0. The first-order valence-corrected chi connectivity index (χ1v) is 9.21. The number of aryl methyl sites for hydroxylation is 1. The molecule has 0 bridgehead atoms. The number of fused-ring (bicyclic) bond motifs is 1. The molecule has 4 heteroatoms. The predicted octanol–water partition coefficient (Wildman–Crippen LogP) is 4.05. The number of rotatable bonds is 5. The topological polar surface area (TPSA) is 15.3 Å². The molecule has 1 aliphatic heterocycles. The maximum atomic E-state index is 3.55. The minimum atomic E-state index is 0.973. The lowest BCUT2D eigenvalue weighted by molar-refractivity contribution is 0.269. The zero-order chi connectivity index (χ0) is 14.5. The van der Waals surface area contributed by atoms with Crippen molar-refractivity contribution in [3.8, 4) is 0 Å². The summed E-state index contributed by atoms with van der Waals surface area (Å²) in [7, 11) is 0. The molecule has 0 saturated heterocycles. The highest BCUT2D eigenvalue weighted by molar-refractivity contribution is 9.10. The summed E-state index contributed by atoms with van der Waals surface area (Å²) < 4.78 is 1.19. The van der Waals surface area contributed by atoms with Crippen LogP contribution in [0.3, 0.4) is 0 Å². The second-order valence-electron chi connectivity index (χ2n) is 5.56. The molecule has 2 nitrogen and oxygen atoms in total. The van der Waals surface area contributed by atoms with Crippen molar-refractivity contribution in [2.45, 2.75) is 25.9 Å². The molecule has 0 unspecified atom stereocenters. The molecule has 0 saturated carbocycles. The zero-order valence-electron chi connectivity index (χ0n) is 12.1. The molecular formula is C17H21BrN2S. The Kier molecular flexibility index (Phi) is 5.47. The molecule has 2 heterocycles. The maximum absolute atomic E-state index is 3.55. The molecular weight excluding hydrogens is 344 g/mol. The molecule has 1 N–H and O–H groups in total. The lowest BCUT2D eigenvalue weighted by Gasteiger charge is -2.20. The zero-order valence-corrected chi connectivity index (χ0v) is 14.5. The van der Waals surface area contributed by atoms with E-state index >= 15 is 0 Å². The minimum Gasteiger partial charge on any atom is -0.311 e. The number of thiophene rings is 1. The van der Waals surface area contributed by atoms with Gasteiger partial charge in [-0.1, -0.05) is 24.3 Å². The molecule has 112 valence electrons. The van der Waals surface area contributed by atoms with Gasteiger partial charge in [0.15, 0.2) is 0 Å². The van der Waals surface area contributed by atoms with Crippen molar-refractivity contribution in [3.63, 3.8) is 0 Å². The van der Waals surface area contributed by atoms with Crippen molar-refractivity contribution in [1.82, 2.24) is 10.2 Å². The molecule has 0 radical (unpaired) electrons. The highest BCUT2D eigenvalue weighted by Crippen LogP contribution is 2.20. The average Bonchev–Trinajstić information content (AvgIpc) is 2.79. The van der Waals surface area contributed by atoms with E-state index in [1.54, 1.807) is 11.3 Å². The van der Waals surface area contributed by atoms with Crippen molar-refractivity contribution >= 4 is 27.3 Å². The van der Waals surface area contributed by atoms with Gasteiger partial charge in [0.05, 0.1) is 0 Å². The Hall–Kier alpha value is -0.680. The van der Waals surface area contributed by atoms with Gasteiger partial charge in [-0.05, 0) is 52.5 Å². The van der Waals surface area contributed by atoms with Crippen molar-refractivity contribution in [3.05, 3.63) is 56.2 Å². The quantitative estimate of drug-likeness (QED) is 0.805. The molecule has 0 amide bonds. The Balaban J connectivity index is 1.45. The highest BCUT2D eigenvalue weighted by Gasteiger charge is 2.13. The second kappa shape index (κ2) is 7.54. The number of hydrogen-bond donors (Lipinski definition) is 1. The third kappa shape index (κ3) is 4.39. The SMILES string of the molecule is Brc1csc(CNCCN2CCCc3ccccc3C2)c1. The summed E-state index contributed by atoms with van der Waals surface area (Å²) in [5.41, 5.74) is 3.05. The normalized spacial score (nSPS) is 15.7. The molecule has 0 atom stereocenters. The molecule has 0 fully saturated rings. The first kappa shape index (κ1) is 15.2. The summed E-state index contributed by atoms with van der Waals surface area (Å²) >= 11 is 5.31. The number of nitrogens with one attached hydrogen (secondary N) is 1. The Bertz CT molecular complexity index is 582. The fourth-order valence-electron chi connectivity index (χ4n) is 2.85. The van der Waals surface area contributed by atoms with Crippen LogP contribution in [-0.4, -0.2) is 24.5 Å². The van der Waals surface area contributed by atoms with E-state index in [1.807, 2.05) is 0 Å². The first-order chi connectivity index (χ1) is 10.3. The van der Waals surface area contributed by atoms with E-state index in [0.717, 1.165) is 26.2 Å². The van der Waals surface area contributed by atoms with Crippen LogP contribution < -0.4 is 5.32 Å². The Morgan fingerprint density at radius 2 is 2.10 bits per heavy atom. The van der Waals surface area contributed by atoms with Crippen LogP contribution in [0.25, 0.3) is 0 Å². The van der Waals surface area contributed by atoms with E-state index in [-0.39, 0.29) is 0 Å². The fraction of sp³-hybridized carbons (Fsp3) is 0.412. The smallest absolute Gasteiger partial charge is 0.0300 e. The lowest BCUT2D eigenvalue weighted by Crippen LogP contribution is -2.31. The van der Waals surface area contributed by atoms with E-state index in [9.17, 15) is 0 Å².